The third-order valence-corrected chi connectivity index (χ3v) is 12.1. The van der Waals surface area contributed by atoms with Crippen molar-refractivity contribution in [3.8, 4) is 17.3 Å². The molecule has 2 aromatic heterocycles. The molecule has 7 aromatic rings. The number of fused-ring (bicyclic) bond motifs is 4. The summed E-state index contributed by atoms with van der Waals surface area (Å²) in [6.07, 6.45) is 1.92. The Morgan fingerprint density at radius 3 is 1.77 bits per heavy atom. The Kier molecular flexibility index (Phi) is 11.5. The van der Waals surface area contributed by atoms with E-state index in [0.29, 0.717) is 11.5 Å². The van der Waals surface area contributed by atoms with Crippen LogP contribution in [0.5, 0.6) is 11.5 Å². The zero-order valence-corrected chi connectivity index (χ0v) is 41.7. The molecule has 62 heavy (non-hydrogen) atoms. The Balaban J connectivity index is 0.00000578. The van der Waals surface area contributed by atoms with Crippen LogP contribution >= 0.6 is 0 Å². The monoisotopic (exact) mass is 1000 g/mol. The van der Waals surface area contributed by atoms with Gasteiger partial charge in [0.1, 0.15) is 5.82 Å². The van der Waals surface area contributed by atoms with Gasteiger partial charge in [0.25, 0.3) is 0 Å². The van der Waals surface area contributed by atoms with Crippen LogP contribution in [0.15, 0.2) is 103 Å². The van der Waals surface area contributed by atoms with Crippen LogP contribution in [0.1, 0.15) is 132 Å². The summed E-state index contributed by atoms with van der Waals surface area (Å²) in [6.45, 7) is 36.1. The number of benzene rings is 5. The van der Waals surface area contributed by atoms with E-state index < -0.39 is 0 Å². The average molecular weight is 1000 g/mol. The van der Waals surface area contributed by atoms with Gasteiger partial charge in [0, 0.05) is 61.3 Å². The van der Waals surface area contributed by atoms with Gasteiger partial charge in [-0.25, -0.2) is 4.98 Å². The van der Waals surface area contributed by atoms with E-state index in [9.17, 15) is 0 Å². The van der Waals surface area contributed by atoms with Crippen molar-refractivity contribution in [2.45, 2.75) is 131 Å². The van der Waals surface area contributed by atoms with Gasteiger partial charge in [0.05, 0.1) is 0 Å². The van der Waals surface area contributed by atoms with Crippen LogP contribution in [0.25, 0.3) is 27.6 Å². The molecule has 0 unspecified atom stereocenters. The Morgan fingerprint density at radius 2 is 1.11 bits per heavy atom. The molecule has 3 heterocycles. The van der Waals surface area contributed by atoms with Crippen LogP contribution in [0.3, 0.4) is 0 Å². The first kappa shape index (κ1) is 45.2. The largest absolute Gasteiger partial charge is 0.509 e. The molecular formula is C56H63N4OPt-3. The topological polar surface area (TPSA) is 33.5 Å². The van der Waals surface area contributed by atoms with Gasteiger partial charge in [-0.1, -0.05) is 140 Å². The van der Waals surface area contributed by atoms with Crippen LogP contribution in [-0.4, -0.2) is 9.55 Å². The summed E-state index contributed by atoms with van der Waals surface area (Å²) >= 11 is 0. The maximum atomic E-state index is 6.88. The first-order valence-electron chi connectivity index (χ1n) is 21.8. The van der Waals surface area contributed by atoms with Crippen molar-refractivity contribution >= 4 is 44.6 Å². The molecule has 326 valence electrons. The fourth-order valence-corrected chi connectivity index (χ4v) is 8.11. The first-order valence-corrected chi connectivity index (χ1v) is 21.8. The minimum Gasteiger partial charge on any atom is -0.509 e. The molecule has 5 aromatic carbocycles. The van der Waals surface area contributed by atoms with E-state index in [2.05, 4.69) is 228 Å². The van der Waals surface area contributed by atoms with Gasteiger partial charge in [0.2, 0.25) is 0 Å². The van der Waals surface area contributed by atoms with Gasteiger partial charge in [0.15, 0.2) is 0 Å². The predicted molar refractivity (Wildman–Crippen MR) is 258 cm³/mol. The molecule has 8 rings (SSSR count). The van der Waals surface area contributed by atoms with Gasteiger partial charge in [-0.05, 0) is 97.2 Å². The Labute approximate surface area is 385 Å². The minimum absolute atomic E-state index is 0. The van der Waals surface area contributed by atoms with Crippen molar-refractivity contribution in [1.82, 2.24) is 9.55 Å². The molecule has 6 heteroatoms. The SMILES string of the molecule is CC(C)(C)c1cc(Oc2[c-]c3c(cc2)c2cc(C(C)(C)C)ccc2n3-c2cc(C(C)(C)C)ccn2)[c-]c(N2[CH-]N(c3cccc(C(C)(C)C)c3)c3cc(C(C)(C)C)ccc32)c1.[Pt]. The number of pyridine rings is 1. The molecule has 0 atom stereocenters. The second kappa shape index (κ2) is 15.7. The van der Waals surface area contributed by atoms with Crippen molar-refractivity contribution in [2.24, 2.45) is 0 Å². The molecule has 5 nitrogen and oxygen atoms in total. The summed E-state index contributed by atoms with van der Waals surface area (Å²) in [5, 5.41) is 2.28. The summed E-state index contributed by atoms with van der Waals surface area (Å²) < 4.78 is 9.12. The van der Waals surface area contributed by atoms with E-state index in [1.54, 1.807) is 0 Å². The number of aromatic nitrogens is 2. The molecule has 1 aliphatic heterocycles. The third-order valence-electron chi connectivity index (χ3n) is 12.1. The fraction of sp³-hybridized carbons (Fsp3) is 0.357. The molecule has 0 fully saturated rings. The minimum atomic E-state index is -0.157. The van der Waals surface area contributed by atoms with Crippen LogP contribution < -0.4 is 14.5 Å². The predicted octanol–water partition coefficient (Wildman–Crippen LogP) is 15.5. The van der Waals surface area contributed by atoms with Crippen molar-refractivity contribution in [3.05, 3.63) is 150 Å². The van der Waals surface area contributed by atoms with Crippen molar-refractivity contribution < 1.29 is 25.8 Å². The number of ether oxygens (including phenoxy) is 1. The Morgan fingerprint density at radius 1 is 0.500 bits per heavy atom. The van der Waals surface area contributed by atoms with Gasteiger partial charge >= 0.3 is 0 Å². The van der Waals surface area contributed by atoms with Crippen molar-refractivity contribution in [3.63, 3.8) is 0 Å². The third kappa shape index (κ3) is 8.72. The summed E-state index contributed by atoms with van der Waals surface area (Å²) in [7, 11) is 0. The molecule has 0 amide bonds. The molecule has 0 aliphatic carbocycles. The molecule has 0 N–H and O–H groups in total. The van der Waals surface area contributed by atoms with E-state index in [1.807, 2.05) is 12.3 Å². The van der Waals surface area contributed by atoms with Gasteiger partial charge in [-0.2, -0.15) is 6.07 Å². The first-order chi connectivity index (χ1) is 28.4. The summed E-state index contributed by atoms with van der Waals surface area (Å²) in [5.41, 5.74) is 12.3. The maximum Gasteiger partial charge on any atom is 0.135 e. The van der Waals surface area contributed by atoms with Crippen LogP contribution in [0.4, 0.5) is 22.7 Å². The van der Waals surface area contributed by atoms with Crippen molar-refractivity contribution in [2.75, 3.05) is 9.80 Å². The number of hydrogen-bond acceptors (Lipinski definition) is 4. The Hall–Kier alpha value is -4.86. The number of nitrogens with zero attached hydrogens (tertiary/aromatic N) is 4. The second-order valence-corrected chi connectivity index (χ2v) is 22.1. The summed E-state index contributed by atoms with van der Waals surface area (Å²) in [4.78, 5) is 9.53. The summed E-state index contributed by atoms with van der Waals surface area (Å²) in [5.74, 6) is 2.12. The quantitative estimate of drug-likeness (QED) is 0.161. The van der Waals surface area contributed by atoms with E-state index in [0.717, 1.165) is 50.6 Å². The van der Waals surface area contributed by atoms with Gasteiger partial charge < -0.3 is 19.1 Å². The van der Waals surface area contributed by atoms with Crippen LogP contribution in [-0.2, 0) is 48.1 Å². The summed E-state index contributed by atoms with van der Waals surface area (Å²) in [6, 6.07) is 43.0. The molecule has 0 spiro atoms. The molecule has 1 aliphatic rings. The smallest absolute Gasteiger partial charge is 0.135 e. The molecule has 0 radical (unpaired) electrons. The van der Waals surface area contributed by atoms with Crippen LogP contribution in [0.2, 0.25) is 0 Å². The van der Waals surface area contributed by atoms with E-state index in [1.165, 1.54) is 27.6 Å². The molecular weight excluding hydrogens is 940 g/mol. The van der Waals surface area contributed by atoms with Gasteiger partial charge in [-0.15, -0.1) is 53.6 Å². The molecule has 0 bridgehead atoms. The zero-order valence-electron chi connectivity index (χ0n) is 39.4. The second-order valence-electron chi connectivity index (χ2n) is 22.1. The normalized spacial score (nSPS) is 13.8. The molecule has 0 saturated heterocycles. The van der Waals surface area contributed by atoms with E-state index in [4.69, 9.17) is 9.72 Å². The van der Waals surface area contributed by atoms with E-state index >= 15 is 0 Å². The number of hydrogen-bond donors (Lipinski definition) is 0. The maximum absolute atomic E-state index is 6.88. The Bertz CT molecular complexity index is 2800. The number of rotatable bonds is 5. The number of anilines is 4. The fourth-order valence-electron chi connectivity index (χ4n) is 8.11. The zero-order chi connectivity index (χ0) is 44.0. The van der Waals surface area contributed by atoms with E-state index in [-0.39, 0.29) is 48.1 Å². The van der Waals surface area contributed by atoms with Crippen molar-refractivity contribution in [1.29, 1.82) is 0 Å². The molecule has 0 saturated carbocycles. The van der Waals surface area contributed by atoms with Gasteiger partial charge in [-0.3, -0.25) is 0 Å². The average Bonchev–Trinajstić information content (AvgIpc) is 3.71. The standard InChI is InChI=1S/C56H63N4O.Pt/c1-52(2,3)36-17-16-18-41(27-36)58-35-59(48-24-20-38(31-50(48)58)54(7,8)9)42-28-40(56(13,14)15)29-44(33-42)61-43-21-22-45-46-30-37(53(4,5)6)19-23-47(46)60(49(45)34-43)51-32-39(25-26-57-51)55(10,11)12;/h16-32,35H,1-15H3;/q-3;. The van der Waals surface area contributed by atoms with Crippen LogP contribution in [0, 0.1) is 18.8 Å².